The van der Waals surface area contributed by atoms with Crippen LogP contribution in [0.1, 0.15) is 0 Å². The molecular formula is H6Mg2O10S3. The predicted octanol–water partition coefficient (Wildman–Crippen LogP) is -3.96. The van der Waals surface area contributed by atoms with E-state index >= 15 is 0 Å². The zero-order chi connectivity index (χ0) is 10.9. The topological polar surface area (TPSA) is 161 Å². The summed E-state index contributed by atoms with van der Waals surface area (Å²) in [5.74, 6) is 0. The molecule has 10 nitrogen and oxygen atoms in total. The van der Waals surface area contributed by atoms with Gasteiger partial charge in [-0.15, -0.1) is 0 Å². The Kier molecular flexibility index (Phi) is 9.80. The van der Waals surface area contributed by atoms with E-state index < -0.39 is 31.2 Å². The van der Waals surface area contributed by atoms with Crippen molar-refractivity contribution >= 4 is 77.3 Å². The minimum atomic E-state index is -5.57. The normalized spacial score (nSPS) is 12.4. The summed E-state index contributed by atoms with van der Waals surface area (Å²) in [6.07, 6.45) is 0. The van der Waals surface area contributed by atoms with Crippen LogP contribution in [-0.4, -0.2) is 80.5 Å². The molecule has 0 heterocycles. The Balaban J connectivity index is -0.000000720. The van der Waals surface area contributed by atoms with Crippen LogP contribution in [0.15, 0.2) is 0 Å². The number of hydrogen-bond donors (Lipinski definition) is 2. The van der Waals surface area contributed by atoms with Crippen LogP contribution in [0.2, 0.25) is 0 Å². The lowest BCUT2D eigenvalue weighted by atomic mass is 15.7. The van der Waals surface area contributed by atoms with Crippen LogP contribution in [-0.2, 0) is 38.5 Å². The van der Waals surface area contributed by atoms with E-state index in [2.05, 4.69) is 7.26 Å². The molecule has 0 bridgehead atoms. The van der Waals surface area contributed by atoms with E-state index in [9.17, 15) is 25.3 Å². The molecule has 0 rings (SSSR count). The van der Waals surface area contributed by atoms with Gasteiger partial charge in [-0.05, 0) is 0 Å². The molecule has 0 aromatic carbocycles. The first-order valence-electron chi connectivity index (χ1n) is 2.03. The molecule has 88 valence electrons. The minimum absolute atomic E-state index is 0. The third kappa shape index (κ3) is 15.2. The minimum Gasteiger partial charge on any atom is -0.263 e. The zero-order valence-electron chi connectivity index (χ0n) is 5.39. The summed E-state index contributed by atoms with van der Waals surface area (Å²) in [7, 11) is -16.5. The monoisotopic (exact) mass is 310 g/mol. The molecule has 2 N–H and O–H groups in total. The van der Waals surface area contributed by atoms with Crippen molar-refractivity contribution in [3.63, 3.8) is 0 Å². The van der Waals surface area contributed by atoms with E-state index in [1.807, 2.05) is 0 Å². The quantitative estimate of drug-likeness (QED) is 0.387. The fraction of sp³-hybridized carbons (Fsp3) is 0. The van der Waals surface area contributed by atoms with E-state index in [1.165, 1.54) is 0 Å². The fourth-order valence-corrected chi connectivity index (χ4v) is 2.20. The maximum atomic E-state index is 10.1. The summed E-state index contributed by atoms with van der Waals surface area (Å²) >= 11 is 0. The van der Waals surface area contributed by atoms with Gasteiger partial charge in [-0.3, -0.25) is 9.11 Å². The Bertz CT molecular complexity index is 423. The molecule has 0 spiro atoms. The molecule has 0 aliphatic carbocycles. The van der Waals surface area contributed by atoms with Crippen molar-refractivity contribution in [3.8, 4) is 0 Å². The fourth-order valence-electron chi connectivity index (χ4n) is 0.222. The molecule has 15 heavy (non-hydrogen) atoms. The van der Waals surface area contributed by atoms with E-state index in [0.717, 1.165) is 0 Å². The molecule has 0 aliphatic rings. The molecule has 0 atom stereocenters. The number of rotatable bonds is 4. The second-order valence-corrected chi connectivity index (χ2v) is 5.02. The third-order valence-electron chi connectivity index (χ3n) is 0.339. The average molecular weight is 311 g/mol. The highest BCUT2D eigenvalue weighted by atomic mass is 32.3. The van der Waals surface area contributed by atoms with Crippen LogP contribution in [0, 0.1) is 0 Å². The van der Waals surface area contributed by atoms with Gasteiger partial charge in [0.25, 0.3) is 0 Å². The molecule has 15 heteroatoms. The van der Waals surface area contributed by atoms with Crippen molar-refractivity contribution < 1.29 is 41.6 Å². The molecule has 0 aliphatic heterocycles. The van der Waals surface area contributed by atoms with Gasteiger partial charge >= 0.3 is 77.3 Å². The maximum Gasteiger partial charge on any atom is 0.432 e. The largest absolute Gasteiger partial charge is 0.432 e. The van der Waals surface area contributed by atoms with Crippen LogP contribution in [0.4, 0.5) is 0 Å². The Morgan fingerprint density at radius 1 is 0.667 bits per heavy atom. The first-order chi connectivity index (χ1) is 5.41. The van der Waals surface area contributed by atoms with E-state index in [4.69, 9.17) is 9.11 Å². The standard InChI is InChI=1S/2Mg.H2O10S3.4H/c;;1-11(2,3)9-13(7,8)10-12(4,5)6;;;;/h;;(H,1,2,3)(H,4,5,6);;;;. The molecule has 0 unspecified atom stereocenters. The summed E-state index contributed by atoms with van der Waals surface area (Å²) in [6, 6.07) is 0. The summed E-state index contributed by atoms with van der Waals surface area (Å²) in [4.78, 5) is 0. The highest BCUT2D eigenvalue weighted by Crippen LogP contribution is 2.03. The lowest BCUT2D eigenvalue weighted by Gasteiger charge is -1.97. The molecule has 0 radical (unpaired) electrons. The van der Waals surface area contributed by atoms with Gasteiger partial charge in [-0.25, -0.2) is 0 Å². The lowest BCUT2D eigenvalue weighted by molar-refractivity contribution is 0.328. The van der Waals surface area contributed by atoms with Crippen LogP contribution in [0.3, 0.4) is 0 Å². The first-order valence-corrected chi connectivity index (χ1v) is 6.10. The van der Waals surface area contributed by atoms with Crippen molar-refractivity contribution in [2.45, 2.75) is 0 Å². The van der Waals surface area contributed by atoms with E-state index in [1.54, 1.807) is 0 Å². The number of hydrogen-bond acceptors (Lipinski definition) is 8. The van der Waals surface area contributed by atoms with Crippen molar-refractivity contribution in [1.29, 1.82) is 0 Å². The van der Waals surface area contributed by atoms with Gasteiger partial charge in [-0.1, -0.05) is 7.26 Å². The molecule has 0 fully saturated rings. The van der Waals surface area contributed by atoms with Crippen molar-refractivity contribution in [2.24, 2.45) is 0 Å². The summed E-state index contributed by atoms with van der Waals surface area (Å²) < 4.78 is 80.2. The molecule has 0 aromatic heterocycles. The van der Waals surface area contributed by atoms with Crippen LogP contribution < -0.4 is 0 Å². The van der Waals surface area contributed by atoms with Gasteiger partial charge in [0, 0.05) is 0 Å². The highest BCUT2D eigenvalue weighted by Gasteiger charge is 2.27. The van der Waals surface area contributed by atoms with Gasteiger partial charge in [0.05, 0.1) is 0 Å². The maximum absolute atomic E-state index is 10.1. The smallest absolute Gasteiger partial charge is 0.263 e. The molecular weight excluding hydrogens is 305 g/mol. The lowest BCUT2D eigenvalue weighted by Crippen LogP contribution is -2.18. The molecule has 0 saturated heterocycles. The van der Waals surface area contributed by atoms with Crippen LogP contribution in [0.5, 0.6) is 0 Å². The summed E-state index contributed by atoms with van der Waals surface area (Å²) in [5.41, 5.74) is 0. The SMILES string of the molecule is O=S(=O)(O)OS(=O)(=O)OS(=O)(=O)O.[MgH2].[MgH2]. The van der Waals surface area contributed by atoms with Crippen molar-refractivity contribution in [3.05, 3.63) is 0 Å². The van der Waals surface area contributed by atoms with Crippen LogP contribution in [0.25, 0.3) is 0 Å². The summed E-state index contributed by atoms with van der Waals surface area (Å²) in [6.45, 7) is 0. The van der Waals surface area contributed by atoms with E-state index in [-0.39, 0.29) is 46.1 Å². The van der Waals surface area contributed by atoms with Gasteiger partial charge in [-0.2, -0.15) is 25.3 Å². The Morgan fingerprint density at radius 3 is 1.00 bits per heavy atom. The first kappa shape index (κ1) is 21.5. The van der Waals surface area contributed by atoms with Crippen molar-refractivity contribution in [1.82, 2.24) is 0 Å². The Hall–Kier alpha value is 1.22. The highest BCUT2D eigenvalue weighted by molar-refractivity contribution is 8.00. The van der Waals surface area contributed by atoms with Gasteiger partial charge in [0.15, 0.2) is 0 Å². The van der Waals surface area contributed by atoms with Gasteiger partial charge < -0.3 is 0 Å². The molecule has 0 amide bonds. The van der Waals surface area contributed by atoms with Crippen molar-refractivity contribution in [2.75, 3.05) is 0 Å². The Labute approximate surface area is 118 Å². The molecule has 0 saturated carbocycles. The van der Waals surface area contributed by atoms with Crippen LogP contribution >= 0.6 is 0 Å². The van der Waals surface area contributed by atoms with E-state index in [0.29, 0.717) is 0 Å². The Morgan fingerprint density at radius 2 is 0.867 bits per heavy atom. The predicted molar refractivity (Wildman–Crippen MR) is 51.3 cm³/mol. The zero-order valence-corrected chi connectivity index (χ0v) is 7.83. The third-order valence-corrected chi connectivity index (χ3v) is 3.05. The average Bonchev–Trinajstić information content (AvgIpc) is 1.43. The summed E-state index contributed by atoms with van der Waals surface area (Å²) in [5, 5.41) is 0. The van der Waals surface area contributed by atoms with Gasteiger partial charge in [0.2, 0.25) is 0 Å². The second-order valence-electron chi connectivity index (χ2n) is 1.40. The molecule has 0 aromatic rings. The second kappa shape index (κ2) is 6.84. The van der Waals surface area contributed by atoms with Gasteiger partial charge in [0.1, 0.15) is 0 Å².